The molecule has 3 aromatic rings. The highest BCUT2D eigenvalue weighted by molar-refractivity contribution is 14.1. The van der Waals surface area contributed by atoms with Crippen molar-refractivity contribution in [1.29, 1.82) is 0 Å². The van der Waals surface area contributed by atoms with E-state index in [0.29, 0.717) is 22.6 Å². The van der Waals surface area contributed by atoms with E-state index in [1.54, 1.807) is 30.3 Å². The average Bonchev–Trinajstić information content (AvgIpc) is 2.83. The maximum atomic E-state index is 12.5. The van der Waals surface area contributed by atoms with E-state index in [-0.39, 0.29) is 24.2 Å². The Morgan fingerprint density at radius 1 is 1.03 bits per heavy atom. The number of hydrogen-bond acceptors (Lipinski definition) is 6. The standard InChI is InChI=1S/C27H27IN2O5/c1-17(2)20-11-9-18(3)13-24(20)34-16-26(31)30-29-15-19-10-12-23(25(14-19)33-4)35-27(32)21-7-5-6-8-22(21)28/h5-15,17H,16H2,1-4H3,(H,30,31)/b29-15+. The number of rotatable bonds is 9. The normalized spacial score (nSPS) is 10.9. The molecular formula is C27H27IN2O5. The maximum absolute atomic E-state index is 12.5. The van der Waals surface area contributed by atoms with Crippen molar-refractivity contribution in [2.24, 2.45) is 5.10 Å². The number of amides is 1. The predicted octanol–water partition coefficient (Wildman–Crippen LogP) is 5.48. The minimum Gasteiger partial charge on any atom is -0.493 e. The van der Waals surface area contributed by atoms with Gasteiger partial charge in [-0.15, -0.1) is 0 Å². The van der Waals surface area contributed by atoms with Gasteiger partial charge in [-0.2, -0.15) is 5.10 Å². The van der Waals surface area contributed by atoms with Gasteiger partial charge in [-0.3, -0.25) is 4.79 Å². The number of ether oxygens (including phenoxy) is 3. The molecule has 3 aromatic carbocycles. The fourth-order valence-electron chi connectivity index (χ4n) is 3.23. The minimum atomic E-state index is -0.476. The number of esters is 1. The van der Waals surface area contributed by atoms with Crippen molar-refractivity contribution in [3.05, 3.63) is 86.5 Å². The van der Waals surface area contributed by atoms with E-state index in [2.05, 4.69) is 47.0 Å². The Kier molecular flexibility index (Phi) is 9.25. The van der Waals surface area contributed by atoms with Crippen LogP contribution < -0.4 is 19.6 Å². The molecule has 0 radical (unpaired) electrons. The highest BCUT2D eigenvalue weighted by Gasteiger charge is 2.15. The van der Waals surface area contributed by atoms with Gasteiger partial charge in [0, 0.05) is 3.57 Å². The first-order valence-electron chi connectivity index (χ1n) is 11.0. The zero-order valence-corrected chi connectivity index (χ0v) is 22.2. The van der Waals surface area contributed by atoms with Crippen LogP contribution >= 0.6 is 22.6 Å². The summed E-state index contributed by atoms with van der Waals surface area (Å²) in [6.07, 6.45) is 1.47. The van der Waals surface area contributed by atoms with Crippen molar-refractivity contribution in [3.63, 3.8) is 0 Å². The summed E-state index contributed by atoms with van der Waals surface area (Å²) in [5.74, 6) is 0.762. The third kappa shape index (κ3) is 7.29. The molecule has 0 unspecified atom stereocenters. The van der Waals surface area contributed by atoms with Crippen molar-refractivity contribution < 1.29 is 23.8 Å². The summed E-state index contributed by atoms with van der Waals surface area (Å²) < 4.78 is 17.4. The van der Waals surface area contributed by atoms with Gasteiger partial charge in [0.2, 0.25) is 0 Å². The number of carbonyl (C=O) groups is 2. The predicted molar refractivity (Wildman–Crippen MR) is 144 cm³/mol. The van der Waals surface area contributed by atoms with Crippen LogP contribution in [0.2, 0.25) is 0 Å². The number of hydrazone groups is 1. The molecule has 7 nitrogen and oxygen atoms in total. The second-order valence-corrected chi connectivity index (χ2v) is 9.22. The number of nitrogens with one attached hydrogen (secondary N) is 1. The molecule has 0 saturated heterocycles. The van der Waals surface area contributed by atoms with Gasteiger partial charge in [-0.25, -0.2) is 10.2 Å². The molecule has 1 N–H and O–H groups in total. The van der Waals surface area contributed by atoms with Crippen LogP contribution in [0.1, 0.15) is 46.8 Å². The third-order valence-electron chi connectivity index (χ3n) is 5.04. The maximum Gasteiger partial charge on any atom is 0.344 e. The molecule has 0 bridgehead atoms. The van der Waals surface area contributed by atoms with Crippen molar-refractivity contribution >= 4 is 40.7 Å². The Hall–Kier alpha value is -3.40. The fraction of sp³-hybridized carbons (Fsp3) is 0.222. The highest BCUT2D eigenvalue weighted by atomic mass is 127. The quantitative estimate of drug-likeness (QED) is 0.118. The number of carbonyl (C=O) groups excluding carboxylic acids is 2. The fourth-order valence-corrected chi connectivity index (χ4v) is 3.84. The minimum absolute atomic E-state index is 0.156. The molecule has 0 aliphatic rings. The first-order valence-corrected chi connectivity index (χ1v) is 12.1. The summed E-state index contributed by atoms with van der Waals surface area (Å²) >= 11 is 2.08. The number of halogens is 1. The van der Waals surface area contributed by atoms with Crippen LogP contribution in [0.4, 0.5) is 0 Å². The molecule has 182 valence electrons. The number of methoxy groups -OCH3 is 1. The van der Waals surface area contributed by atoms with E-state index >= 15 is 0 Å². The zero-order chi connectivity index (χ0) is 25.4. The summed E-state index contributed by atoms with van der Waals surface area (Å²) in [6.45, 7) is 5.97. The van der Waals surface area contributed by atoms with Gasteiger partial charge in [-0.1, -0.05) is 38.1 Å². The van der Waals surface area contributed by atoms with E-state index in [1.165, 1.54) is 13.3 Å². The second kappa shape index (κ2) is 12.3. The molecule has 0 fully saturated rings. The Labute approximate surface area is 218 Å². The van der Waals surface area contributed by atoms with E-state index in [1.807, 2.05) is 37.3 Å². The van der Waals surface area contributed by atoms with Gasteiger partial charge in [0.05, 0.1) is 18.9 Å². The van der Waals surface area contributed by atoms with Gasteiger partial charge in [0.1, 0.15) is 5.75 Å². The molecule has 0 heterocycles. The van der Waals surface area contributed by atoms with Gasteiger partial charge in [0.25, 0.3) is 5.91 Å². The molecule has 0 saturated carbocycles. The monoisotopic (exact) mass is 586 g/mol. The van der Waals surface area contributed by atoms with Gasteiger partial charge in [0.15, 0.2) is 18.1 Å². The Morgan fingerprint density at radius 2 is 1.80 bits per heavy atom. The summed E-state index contributed by atoms with van der Waals surface area (Å²) in [5, 5.41) is 3.99. The van der Waals surface area contributed by atoms with Crippen molar-refractivity contribution in [2.75, 3.05) is 13.7 Å². The number of aryl methyl sites for hydroxylation is 1. The van der Waals surface area contributed by atoms with Gasteiger partial charge in [-0.05, 0) is 88.5 Å². The van der Waals surface area contributed by atoms with Crippen molar-refractivity contribution in [2.45, 2.75) is 26.7 Å². The summed E-state index contributed by atoms with van der Waals surface area (Å²) in [6, 6.07) is 18.1. The van der Waals surface area contributed by atoms with Crippen LogP contribution in [-0.2, 0) is 4.79 Å². The van der Waals surface area contributed by atoms with Crippen LogP contribution in [0.15, 0.2) is 65.8 Å². The van der Waals surface area contributed by atoms with E-state index < -0.39 is 5.97 Å². The molecule has 0 atom stereocenters. The third-order valence-corrected chi connectivity index (χ3v) is 5.98. The first-order chi connectivity index (χ1) is 16.8. The van der Waals surface area contributed by atoms with Crippen LogP contribution in [-0.4, -0.2) is 31.8 Å². The second-order valence-electron chi connectivity index (χ2n) is 8.06. The van der Waals surface area contributed by atoms with Crippen molar-refractivity contribution in [3.8, 4) is 17.2 Å². The molecule has 8 heteroatoms. The Bertz CT molecular complexity index is 1240. The van der Waals surface area contributed by atoms with Crippen LogP contribution in [0.25, 0.3) is 0 Å². The zero-order valence-electron chi connectivity index (χ0n) is 20.0. The smallest absolute Gasteiger partial charge is 0.344 e. The Morgan fingerprint density at radius 3 is 2.51 bits per heavy atom. The summed E-state index contributed by atoms with van der Waals surface area (Å²) in [4.78, 5) is 24.7. The topological polar surface area (TPSA) is 86.2 Å². The lowest BCUT2D eigenvalue weighted by molar-refractivity contribution is -0.123. The molecule has 0 aromatic heterocycles. The largest absolute Gasteiger partial charge is 0.493 e. The SMILES string of the molecule is COc1cc(/C=N/NC(=O)COc2cc(C)ccc2C(C)C)ccc1OC(=O)c1ccccc1I. The average molecular weight is 586 g/mol. The number of nitrogens with zero attached hydrogens (tertiary/aromatic N) is 1. The summed E-state index contributed by atoms with van der Waals surface area (Å²) in [5.41, 5.74) is 5.68. The molecule has 0 spiro atoms. The Balaban J connectivity index is 1.59. The lowest BCUT2D eigenvalue weighted by atomic mass is 10.0. The lowest BCUT2D eigenvalue weighted by Crippen LogP contribution is -2.25. The first kappa shape index (κ1) is 26.2. The molecule has 0 aliphatic carbocycles. The van der Waals surface area contributed by atoms with E-state index in [4.69, 9.17) is 14.2 Å². The molecule has 1 amide bonds. The summed E-state index contributed by atoms with van der Waals surface area (Å²) in [7, 11) is 1.48. The van der Waals surface area contributed by atoms with Gasteiger partial charge < -0.3 is 14.2 Å². The van der Waals surface area contributed by atoms with Crippen LogP contribution in [0, 0.1) is 10.5 Å². The number of hydrogen-bond donors (Lipinski definition) is 1. The lowest BCUT2D eigenvalue weighted by Gasteiger charge is -2.14. The van der Waals surface area contributed by atoms with Crippen LogP contribution in [0.3, 0.4) is 0 Å². The number of benzene rings is 3. The van der Waals surface area contributed by atoms with Gasteiger partial charge >= 0.3 is 5.97 Å². The molecule has 35 heavy (non-hydrogen) atoms. The van der Waals surface area contributed by atoms with Crippen LogP contribution in [0.5, 0.6) is 17.2 Å². The molecule has 0 aliphatic heterocycles. The van der Waals surface area contributed by atoms with E-state index in [9.17, 15) is 9.59 Å². The van der Waals surface area contributed by atoms with E-state index in [0.717, 1.165) is 14.7 Å². The molecule has 3 rings (SSSR count). The van der Waals surface area contributed by atoms with Crippen molar-refractivity contribution in [1.82, 2.24) is 5.43 Å². The molecular weight excluding hydrogens is 559 g/mol. The highest BCUT2D eigenvalue weighted by Crippen LogP contribution is 2.29.